The second-order valence-corrected chi connectivity index (χ2v) is 6.22. The Kier molecular flexibility index (Phi) is 4.42. The van der Waals surface area contributed by atoms with E-state index in [2.05, 4.69) is 15.4 Å². The van der Waals surface area contributed by atoms with Crippen LogP contribution in [0, 0.1) is 5.82 Å². The van der Waals surface area contributed by atoms with E-state index < -0.39 is 0 Å². The van der Waals surface area contributed by atoms with Crippen molar-refractivity contribution in [3.63, 3.8) is 0 Å². The molecular formula is C20H18FN5O. The van der Waals surface area contributed by atoms with Crippen LogP contribution in [0.3, 0.4) is 0 Å². The highest BCUT2D eigenvalue weighted by Gasteiger charge is 2.14. The van der Waals surface area contributed by atoms with E-state index in [0.717, 1.165) is 22.6 Å². The van der Waals surface area contributed by atoms with Gasteiger partial charge in [-0.15, -0.1) is 0 Å². The van der Waals surface area contributed by atoms with Gasteiger partial charge in [0.2, 0.25) is 0 Å². The van der Waals surface area contributed by atoms with Crippen LogP contribution in [-0.2, 0) is 13.5 Å². The highest BCUT2D eigenvalue weighted by Crippen LogP contribution is 2.20. The van der Waals surface area contributed by atoms with Crippen LogP contribution in [0.1, 0.15) is 16.3 Å². The molecule has 0 fully saturated rings. The van der Waals surface area contributed by atoms with Gasteiger partial charge in [0.15, 0.2) is 5.69 Å². The van der Waals surface area contributed by atoms with Gasteiger partial charge >= 0.3 is 0 Å². The summed E-state index contributed by atoms with van der Waals surface area (Å²) in [5, 5.41) is 7.14. The minimum absolute atomic E-state index is 0.250. The molecule has 1 amide bonds. The first kappa shape index (κ1) is 17.0. The summed E-state index contributed by atoms with van der Waals surface area (Å²) >= 11 is 0. The zero-order chi connectivity index (χ0) is 18.8. The summed E-state index contributed by atoms with van der Waals surface area (Å²) in [6.07, 6.45) is 4.37. The van der Waals surface area contributed by atoms with Gasteiger partial charge in [0.1, 0.15) is 11.6 Å². The summed E-state index contributed by atoms with van der Waals surface area (Å²) in [6, 6.07) is 13.7. The second kappa shape index (κ2) is 7.03. The molecule has 27 heavy (non-hydrogen) atoms. The van der Waals surface area contributed by atoms with Crippen LogP contribution in [0.2, 0.25) is 0 Å². The van der Waals surface area contributed by atoms with Crippen molar-refractivity contribution in [2.45, 2.75) is 6.42 Å². The molecule has 0 radical (unpaired) electrons. The Morgan fingerprint density at radius 1 is 1.19 bits per heavy atom. The Morgan fingerprint density at radius 2 is 2.00 bits per heavy atom. The number of carbonyl (C=O) groups excluding carboxylic acids is 1. The Hall–Kier alpha value is -3.48. The first-order valence-electron chi connectivity index (χ1n) is 8.61. The fraction of sp³-hybridized carbons (Fsp3) is 0.150. The lowest BCUT2D eigenvalue weighted by molar-refractivity contribution is 0.0948. The summed E-state index contributed by atoms with van der Waals surface area (Å²) in [4.78, 5) is 16.8. The molecule has 0 saturated carbocycles. The smallest absolute Gasteiger partial charge is 0.271 e. The highest BCUT2D eigenvalue weighted by atomic mass is 19.1. The number of aromatic nitrogens is 4. The normalized spacial score (nSPS) is 11.0. The van der Waals surface area contributed by atoms with Crippen LogP contribution in [-0.4, -0.2) is 31.6 Å². The molecule has 1 N–H and O–H groups in total. The van der Waals surface area contributed by atoms with Gasteiger partial charge in [0.05, 0.1) is 17.4 Å². The van der Waals surface area contributed by atoms with Crippen molar-refractivity contribution in [3.8, 4) is 11.3 Å². The highest BCUT2D eigenvalue weighted by molar-refractivity contribution is 5.93. The zero-order valence-corrected chi connectivity index (χ0v) is 14.8. The van der Waals surface area contributed by atoms with Gasteiger partial charge in [-0.3, -0.25) is 9.48 Å². The van der Waals surface area contributed by atoms with E-state index in [1.807, 2.05) is 35.0 Å². The molecule has 0 aliphatic heterocycles. The number of amides is 1. The summed E-state index contributed by atoms with van der Waals surface area (Å²) < 4.78 is 16.7. The summed E-state index contributed by atoms with van der Waals surface area (Å²) in [7, 11) is 1.76. The van der Waals surface area contributed by atoms with E-state index >= 15 is 0 Å². The van der Waals surface area contributed by atoms with Gasteiger partial charge in [0.25, 0.3) is 5.91 Å². The van der Waals surface area contributed by atoms with Gasteiger partial charge in [-0.05, 0) is 48.0 Å². The molecule has 1 aromatic carbocycles. The molecule has 3 heterocycles. The number of nitrogens with one attached hydrogen (secondary N) is 1. The predicted octanol–water partition coefficient (Wildman–Crippen LogP) is 2.85. The molecule has 0 spiro atoms. The summed E-state index contributed by atoms with van der Waals surface area (Å²) in [6.45, 7) is 0.454. The number of nitrogens with zero attached hydrogens (tertiary/aromatic N) is 4. The van der Waals surface area contributed by atoms with Crippen molar-refractivity contribution >= 4 is 11.4 Å². The fourth-order valence-corrected chi connectivity index (χ4v) is 3.03. The number of hydrogen-bond donors (Lipinski definition) is 1. The molecular weight excluding hydrogens is 345 g/mol. The number of halogens is 1. The lowest BCUT2D eigenvalue weighted by atomic mass is 10.1. The minimum Gasteiger partial charge on any atom is -0.350 e. The topological polar surface area (TPSA) is 64.2 Å². The van der Waals surface area contributed by atoms with Crippen molar-refractivity contribution < 1.29 is 9.18 Å². The van der Waals surface area contributed by atoms with Crippen molar-refractivity contribution in [1.82, 2.24) is 24.5 Å². The predicted molar refractivity (Wildman–Crippen MR) is 99.8 cm³/mol. The number of fused-ring (bicyclic) bond motifs is 1. The molecule has 4 rings (SSSR count). The van der Waals surface area contributed by atoms with Gasteiger partial charge in [0, 0.05) is 26.2 Å². The van der Waals surface area contributed by atoms with E-state index in [-0.39, 0.29) is 11.7 Å². The SMILES string of the molecule is Cn1nc(C(=O)NCCc2ncc3ccccn23)cc1-c1ccc(F)cc1. The summed E-state index contributed by atoms with van der Waals surface area (Å²) in [5.74, 6) is 0.337. The Balaban J connectivity index is 1.43. The molecule has 6 nitrogen and oxygen atoms in total. The molecule has 0 unspecified atom stereocenters. The van der Waals surface area contributed by atoms with E-state index in [4.69, 9.17) is 0 Å². The van der Waals surface area contributed by atoms with Crippen LogP contribution in [0.25, 0.3) is 16.8 Å². The lowest BCUT2D eigenvalue weighted by Gasteiger charge is -2.03. The zero-order valence-electron chi connectivity index (χ0n) is 14.8. The first-order chi connectivity index (χ1) is 13.1. The molecule has 4 aromatic rings. The Morgan fingerprint density at radius 3 is 2.81 bits per heavy atom. The maximum Gasteiger partial charge on any atom is 0.271 e. The van der Waals surface area contributed by atoms with E-state index in [0.29, 0.717) is 18.7 Å². The van der Waals surface area contributed by atoms with Gasteiger partial charge in [-0.1, -0.05) is 6.07 Å². The third kappa shape index (κ3) is 3.44. The van der Waals surface area contributed by atoms with Crippen LogP contribution in [0.4, 0.5) is 4.39 Å². The number of carbonyl (C=O) groups is 1. The average Bonchev–Trinajstić information content (AvgIpc) is 3.26. The number of imidazole rings is 1. The monoisotopic (exact) mass is 363 g/mol. The standard InChI is InChI=1S/C20H18FN5O/c1-25-18(14-5-7-15(21)8-6-14)12-17(24-25)20(27)22-10-9-19-23-13-16-4-2-3-11-26(16)19/h2-8,11-13H,9-10H2,1H3,(H,22,27). The van der Waals surface area contributed by atoms with Crippen LogP contribution < -0.4 is 5.32 Å². The quantitative estimate of drug-likeness (QED) is 0.593. The second-order valence-electron chi connectivity index (χ2n) is 6.22. The maximum atomic E-state index is 13.1. The van der Waals surface area contributed by atoms with Crippen molar-refractivity contribution in [2.24, 2.45) is 7.05 Å². The van der Waals surface area contributed by atoms with Crippen LogP contribution in [0.15, 0.2) is 60.9 Å². The molecule has 0 atom stereocenters. The molecule has 0 bridgehead atoms. The summed E-state index contributed by atoms with van der Waals surface area (Å²) in [5.41, 5.74) is 2.89. The van der Waals surface area contributed by atoms with Crippen molar-refractivity contribution in [2.75, 3.05) is 6.54 Å². The van der Waals surface area contributed by atoms with Gasteiger partial charge in [-0.25, -0.2) is 9.37 Å². The number of hydrogen-bond acceptors (Lipinski definition) is 3. The molecule has 3 aromatic heterocycles. The van der Waals surface area contributed by atoms with Crippen LogP contribution >= 0.6 is 0 Å². The number of pyridine rings is 1. The minimum atomic E-state index is -0.301. The van der Waals surface area contributed by atoms with E-state index in [9.17, 15) is 9.18 Å². The maximum absolute atomic E-state index is 13.1. The Bertz CT molecular complexity index is 1100. The molecule has 0 aliphatic carbocycles. The molecule has 7 heteroatoms. The third-order valence-electron chi connectivity index (χ3n) is 4.40. The van der Waals surface area contributed by atoms with Gasteiger partial charge in [-0.2, -0.15) is 5.10 Å². The van der Waals surface area contributed by atoms with E-state index in [1.165, 1.54) is 12.1 Å². The molecule has 136 valence electrons. The van der Waals surface area contributed by atoms with Crippen molar-refractivity contribution in [1.29, 1.82) is 0 Å². The number of aryl methyl sites for hydroxylation is 1. The lowest BCUT2D eigenvalue weighted by Crippen LogP contribution is -2.26. The largest absolute Gasteiger partial charge is 0.350 e. The van der Waals surface area contributed by atoms with E-state index in [1.54, 1.807) is 29.9 Å². The number of benzene rings is 1. The van der Waals surface area contributed by atoms with Crippen LogP contribution in [0.5, 0.6) is 0 Å². The van der Waals surface area contributed by atoms with Gasteiger partial charge < -0.3 is 9.72 Å². The fourth-order valence-electron chi connectivity index (χ4n) is 3.03. The first-order valence-corrected chi connectivity index (χ1v) is 8.61. The van der Waals surface area contributed by atoms with Crippen molar-refractivity contribution in [3.05, 3.63) is 78.3 Å². The molecule has 0 aliphatic rings. The third-order valence-corrected chi connectivity index (χ3v) is 4.40. The number of rotatable bonds is 5. The average molecular weight is 363 g/mol. The molecule has 0 saturated heterocycles. The Labute approximate surface area is 155 Å².